The Morgan fingerprint density at radius 3 is 0.844 bits per heavy atom. The molecule has 6 nitrogen and oxygen atoms in total. The molecule has 0 unspecified atom stereocenters. The molecule has 4 fully saturated rings. The first kappa shape index (κ1) is 33.5. The molecule has 0 bridgehead atoms. The van der Waals surface area contributed by atoms with Gasteiger partial charge in [0.1, 0.15) is 20.2 Å². The van der Waals surface area contributed by atoms with Crippen LogP contribution in [0.5, 0.6) is 0 Å². The van der Waals surface area contributed by atoms with E-state index in [0.29, 0.717) is 22.3 Å². The zero-order valence-corrected chi connectivity index (χ0v) is 28.9. The molecule has 4 aliphatic carbocycles. The first-order chi connectivity index (χ1) is 21.6. The molecule has 4 aliphatic rings. The van der Waals surface area contributed by atoms with Crippen LogP contribution in [0.1, 0.15) is 174 Å². The minimum atomic E-state index is -4.68. The van der Waals surface area contributed by atoms with E-state index in [0.717, 1.165) is 138 Å². The van der Waals surface area contributed by atoms with Crippen LogP contribution in [0.2, 0.25) is 0 Å². The lowest BCUT2D eigenvalue weighted by Crippen LogP contribution is -2.17. The van der Waals surface area contributed by atoms with Gasteiger partial charge in [-0.05, 0) is 122 Å². The molecular weight excluding hydrogens is 625 g/mol. The minimum absolute atomic E-state index is 0.0317. The van der Waals surface area contributed by atoms with Crippen LogP contribution in [-0.2, 0) is 20.2 Å². The minimum Gasteiger partial charge on any atom is -0.744 e. The molecule has 0 radical (unpaired) electrons. The number of rotatable bonds is 8. The molecule has 0 aromatic heterocycles. The molecule has 4 saturated carbocycles. The van der Waals surface area contributed by atoms with Gasteiger partial charge in [-0.3, -0.25) is 0 Å². The van der Waals surface area contributed by atoms with E-state index in [1.807, 2.05) is 24.3 Å². The second kappa shape index (κ2) is 14.4. The summed E-state index contributed by atoms with van der Waals surface area (Å²) in [6.07, 6.45) is 19.8. The second-order valence-corrected chi connectivity index (χ2v) is 18.0. The SMILES string of the molecule is O=S(=O)([O-])c1c(C2CCCCC2)cc(Sc2cc(C3CCCCC3)c(S(=O)(=O)[O-])c(C3CCCCC3)c2)cc1C1CCCCC1. The van der Waals surface area contributed by atoms with Crippen LogP contribution in [0.3, 0.4) is 0 Å². The highest BCUT2D eigenvalue weighted by atomic mass is 32.2. The van der Waals surface area contributed by atoms with Crippen LogP contribution in [0.15, 0.2) is 43.8 Å². The van der Waals surface area contributed by atoms with Crippen LogP contribution in [0.25, 0.3) is 0 Å². The van der Waals surface area contributed by atoms with Crippen molar-refractivity contribution in [1.82, 2.24) is 0 Å². The first-order valence-corrected chi connectivity index (χ1v) is 21.2. The van der Waals surface area contributed by atoms with Gasteiger partial charge in [0.2, 0.25) is 0 Å². The lowest BCUT2D eigenvalue weighted by molar-refractivity contribution is 0.415. The Kier molecular flexibility index (Phi) is 10.7. The lowest BCUT2D eigenvalue weighted by atomic mass is 9.80. The predicted octanol–water partition coefficient (Wildman–Crippen LogP) is 9.84. The molecule has 0 N–H and O–H groups in total. The van der Waals surface area contributed by atoms with Crippen molar-refractivity contribution < 1.29 is 25.9 Å². The van der Waals surface area contributed by atoms with Gasteiger partial charge in [0.25, 0.3) is 0 Å². The van der Waals surface area contributed by atoms with E-state index in [2.05, 4.69) is 0 Å². The van der Waals surface area contributed by atoms with E-state index >= 15 is 0 Å². The summed E-state index contributed by atoms with van der Waals surface area (Å²) >= 11 is 1.55. The normalized spacial score (nSPS) is 22.1. The molecule has 2 aromatic carbocycles. The second-order valence-electron chi connectivity index (χ2n) is 14.2. The highest BCUT2D eigenvalue weighted by molar-refractivity contribution is 7.99. The Hall–Kier alpha value is -1.39. The smallest absolute Gasteiger partial charge is 0.124 e. The van der Waals surface area contributed by atoms with Gasteiger partial charge in [0.05, 0.1) is 9.79 Å². The summed E-state index contributed by atoms with van der Waals surface area (Å²) in [5, 5.41) is 0. The molecule has 0 spiro atoms. The van der Waals surface area contributed by atoms with Crippen LogP contribution >= 0.6 is 11.8 Å². The maximum absolute atomic E-state index is 13.0. The van der Waals surface area contributed by atoms with Gasteiger partial charge in [0, 0.05) is 9.79 Å². The average molecular weight is 673 g/mol. The molecule has 0 aliphatic heterocycles. The van der Waals surface area contributed by atoms with Gasteiger partial charge < -0.3 is 9.11 Å². The van der Waals surface area contributed by atoms with E-state index < -0.39 is 20.2 Å². The molecule has 6 rings (SSSR count). The van der Waals surface area contributed by atoms with Crippen LogP contribution in [0.4, 0.5) is 0 Å². The van der Waals surface area contributed by atoms with Gasteiger partial charge in [-0.2, -0.15) is 0 Å². The Morgan fingerprint density at radius 1 is 0.422 bits per heavy atom. The molecule has 2 aromatic rings. The molecule has 45 heavy (non-hydrogen) atoms. The fourth-order valence-electron chi connectivity index (χ4n) is 8.99. The Labute approximate surface area is 275 Å². The van der Waals surface area contributed by atoms with Crippen LogP contribution in [-0.4, -0.2) is 25.9 Å². The molecule has 0 heterocycles. The molecule has 0 atom stereocenters. The summed E-state index contributed by atoms with van der Waals surface area (Å²) in [7, 11) is -9.36. The summed E-state index contributed by atoms with van der Waals surface area (Å²) in [5.41, 5.74) is 2.76. The summed E-state index contributed by atoms with van der Waals surface area (Å²) in [6.45, 7) is 0. The zero-order valence-electron chi connectivity index (χ0n) is 26.4. The van der Waals surface area contributed by atoms with Gasteiger partial charge in [-0.25, -0.2) is 16.8 Å². The summed E-state index contributed by atoms with van der Waals surface area (Å²) < 4.78 is 77.7. The topological polar surface area (TPSA) is 114 Å². The highest BCUT2D eigenvalue weighted by Crippen LogP contribution is 2.48. The van der Waals surface area contributed by atoms with Crippen molar-refractivity contribution in [3.05, 3.63) is 46.5 Å². The van der Waals surface area contributed by atoms with Crippen molar-refractivity contribution in [2.24, 2.45) is 0 Å². The third kappa shape index (κ3) is 7.85. The summed E-state index contributed by atoms with van der Waals surface area (Å²) in [6, 6.07) is 7.82. The fourth-order valence-corrected chi connectivity index (χ4v) is 12.1. The first-order valence-electron chi connectivity index (χ1n) is 17.5. The molecule has 0 amide bonds. The highest BCUT2D eigenvalue weighted by Gasteiger charge is 2.31. The largest absolute Gasteiger partial charge is 0.744 e. The lowest BCUT2D eigenvalue weighted by Gasteiger charge is -2.32. The Morgan fingerprint density at radius 2 is 0.644 bits per heavy atom. The monoisotopic (exact) mass is 672 g/mol. The molecule has 248 valence electrons. The van der Waals surface area contributed by atoms with Crippen LogP contribution in [0, 0.1) is 0 Å². The third-order valence-corrected chi connectivity index (χ3v) is 14.0. The molecular formula is C36H48O6S3-2. The summed E-state index contributed by atoms with van der Waals surface area (Å²) in [4.78, 5) is 1.88. The standard InChI is InChI=1S/C36H50O6S3/c37-44(38,39)35-31(25-13-5-1-6-14-25)21-29(22-32(35)26-15-7-2-8-16-26)43-30-23-33(27-17-9-3-10-18-27)36(45(40,41)42)34(24-30)28-19-11-4-12-20-28/h21-28H,1-20H2,(H,37,38,39)(H,40,41,42)/p-2. The van der Waals surface area contributed by atoms with Crippen molar-refractivity contribution in [3.8, 4) is 0 Å². The maximum Gasteiger partial charge on any atom is 0.124 e. The van der Waals surface area contributed by atoms with Gasteiger partial charge >= 0.3 is 0 Å². The quantitative estimate of drug-likeness (QED) is 0.256. The van der Waals surface area contributed by atoms with Gasteiger partial charge in [-0.1, -0.05) is 88.8 Å². The maximum atomic E-state index is 13.0. The van der Waals surface area contributed by atoms with Crippen molar-refractivity contribution in [2.45, 2.75) is 172 Å². The fraction of sp³-hybridized carbons (Fsp3) is 0.667. The number of hydrogen-bond donors (Lipinski definition) is 0. The van der Waals surface area contributed by atoms with Crippen molar-refractivity contribution in [2.75, 3.05) is 0 Å². The Balaban J connectivity index is 1.50. The van der Waals surface area contributed by atoms with Crippen LogP contribution < -0.4 is 0 Å². The van der Waals surface area contributed by atoms with Crippen molar-refractivity contribution >= 4 is 32.0 Å². The van der Waals surface area contributed by atoms with E-state index in [-0.39, 0.29) is 33.5 Å². The number of hydrogen-bond acceptors (Lipinski definition) is 7. The summed E-state index contributed by atoms with van der Waals surface area (Å²) in [5.74, 6) is 0.181. The zero-order chi connectivity index (χ0) is 31.6. The van der Waals surface area contributed by atoms with Crippen molar-refractivity contribution in [3.63, 3.8) is 0 Å². The average Bonchev–Trinajstić information content (AvgIpc) is 3.04. The van der Waals surface area contributed by atoms with Crippen molar-refractivity contribution in [1.29, 1.82) is 0 Å². The van der Waals surface area contributed by atoms with Gasteiger partial charge in [-0.15, -0.1) is 0 Å². The predicted molar refractivity (Wildman–Crippen MR) is 176 cm³/mol. The molecule has 9 heteroatoms. The van der Waals surface area contributed by atoms with E-state index in [4.69, 9.17) is 0 Å². The van der Waals surface area contributed by atoms with Gasteiger partial charge in [0.15, 0.2) is 0 Å². The Bertz CT molecular complexity index is 1360. The molecule has 0 saturated heterocycles. The number of benzene rings is 2. The van der Waals surface area contributed by atoms with E-state index in [9.17, 15) is 25.9 Å². The third-order valence-electron chi connectivity index (χ3n) is 11.2. The van der Waals surface area contributed by atoms with E-state index in [1.54, 1.807) is 11.8 Å². The van der Waals surface area contributed by atoms with E-state index in [1.165, 1.54) is 0 Å².